The van der Waals surface area contributed by atoms with Crippen LogP contribution in [0.25, 0.3) is 21.7 Å². The summed E-state index contributed by atoms with van der Waals surface area (Å²) in [5.41, 5.74) is 2.54. The fourth-order valence-electron chi connectivity index (χ4n) is 2.47. The molecule has 0 saturated heterocycles. The molecule has 0 aliphatic carbocycles. The second kappa shape index (κ2) is 4.17. The summed E-state index contributed by atoms with van der Waals surface area (Å²) in [6.45, 7) is 2.22. The van der Waals surface area contributed by atoms with E-state index in [9.17, 15) is 0 Å². The van der Waals surface area contributed by atoms with E-state index in [2.05, 4.69) is 48.3 Å². The van der Waals surface area contributed by atoms with E-state index in [0.29, 0.717) is 0 Å². The monoisotopic (exact) mass is 221 g/mol. The molecule has 2 aromatic carbocycles. The van der Waals surface area contributed by atoms with Crippen LogP contribution >= 0.6 is 0 Å². The van der Waals surface area contributed by atoms with Crippen LogP contribution in [0.4, 0.5) is 0 Å². The van der Waals surface area contributed by atoms with Crippen LogP contribution in [0.15, 0.2) is 48.7 Å². The van der Waals surface area contributed by atoms with E-state index in [1.54, 1.807) is 0 Å². The average Bonchev–Trinajstić information content (AvgIpc) is 2.39. The Bertz CT molecular complexity index is 670. The number of aryl methyl sites for hydroxylation is 1. The molecule has 0 N–H and O–H groups in total. The average molecular weight is 221 g/mol. The van der Waals surface area contributed by atoms with Gasteiger partial charge in [0.15, 0.2) is 0 Å². The second-order valence-corrected chi connectivity index (χ2v) is 4.41. The molecule has 0 amide bonds. The van der Waals surface area contributed by atoms with Crippen molar-refractivity contribution in [2.24, 2.45) is 0 Å². The van der Waals surface area contributed by atoms with E-state index in [1.165, 1.54) is 28.1 Å². The first-order valence-electron chi connectivity index (χ1n) is 6.15. The molecule has 0 saturated carbocycles. The van der Waals surface area contributed by atoms with E-state index >= 15 is 0 Å². The SMILES string of the molecule is CCCc1cccc2ccc3cccnc3c12. The van der Waals surface area contributed by atoms with E-state index < -0.39 is 0 Å². The Hall–Kier alpha value is -1.89. The Balaban J connectivity index is 2.45. The molecule has 1 heterocycles. The summed E-state index contributed by atoms with van der Waals surface area (Å²) in [5, 5.41) is 3.85. The molecule has 84 valence electrons. The molecule has 3 rings (SSSR count). The Labute approximate surface area is 101 Å². The van der Waals surface area contributed by atoms with Crippen molar-refractivity contribution in [2.75, 3.05) is 0 Å². The summed E-state index contributed by atoms with van der Waals surface area (Å²) in [7, 11) is 0. The Morgan fingerprint density at radius 1 is 0.941 bits per heavy atom. The third kappa shape index (κ3) is 1.68. The highest BCUT2D eigenvalue weighted by atomic mass is 14.6. The molecule has 1 heteroatoms. The number of pyridine rings is 1. The highest BCUT2D eigenvalue weighted by Gasteiger charge is 2.05. The zero-order valence-corrected chi connectivity index (χ0v) is 9.98. The lowest BCUT2D eigenvalue weighted by Gasteiger charge is -2.08. The van der Waals surface area contributed by atoms with Gasteiger partial charge in [0, 0.05) is 17.0 Å². The van der Waals surface area contributed by atoms with E-state index in [1.807, 2.05) is 12.3 Å². The highest BCUT2D eigenvalue weighted by Crippen LogP contribution is 2.27. The van der Waals surface area contributed by atoms with Crippen molar-refractivity contribution in [3.63, 3.8) is 0 Å². The van der Waals surface area contributed by atoms with Crippen LogP contribution in [0.2, 0.25) is 0 Å². The molecule has 17 heavy (non-hydrogen) atoms. The fourth-order valence-corrected chi connectivity index (χ4v) is 2.47. The maximum atomic E-state index is 4.55. The number of rotatable bonds is 2. The van der Waals surface area contributed by atoms with Crippen molar-refractivity contribution in [3.8, 4) is 0 Å². The van der Waals surface area contributed by atoms with Gasteiger partial charge in [-0.2, -0.15) is 0 Å². The molecule has 0 fully saturated rings. The van der Waals surface area contributed by atoms with Gasteiger partial charge in [-0.05, 0) is 23.4 Å². The first kappa shape index (κ1) is 10.3. The summed E-state index contributed by atoms with van der Waals surface area (Å²) in [6, 6.07) is 15.0. The number of fused-ring (bicyclic) bond motifs is 3. The molecule has 1 aromatic heterocycles. The summed E-state index contributed by atoms with van der Waals surface area (Å²) >= 11 is 0. The molecule has 0 atom stereocenters. The molecule has 1 nitrogen and oxygen atoms in total. The molecule has 3 aromatic rings. The summed E-state index contributed by atoms with van der Waals surface area (Å²) in [6.07, 6.45) is 4.17. The largest absolute Gasteiger partial charge is 0.256 e. The minimum atomic E-state index is 1.12. The lowest BCUT2D eigenvalue weighted by Crippen LogP contribution is -1.89. The topological polar surface area (TPSA) is 12.9 Å². The maximum absolute atomic E-state index is 4.55. The fraction of sp³-hybridized carbons (Fsp3) is 0.188. The first-order valence-corrected chi connectivity index (χ1v) is 6.15. The van der Waals surface area contributed by atoms with Crippen LogP contribution < -0.4 is 0 Å². The van der Waals surface area contributed by atoms with Crippen molar-refractivity contribution in [1.82, 2.24) is 4.98 Å². The zero-order chi connectivity index (χ0) is 11.7. The van der Waals surface area contributed by atoms with Gasteiger partial charge >= 0.3 is 0 Å². The zero-order valence-electron chi connectivity index (χ0n) is 9.98. The van der Waals surface area contributed by atoms with Crippen LogP contribution in [0.3, 0.4) is 0 Å². The number of hydrogen-bond donors (Lipinski definition) is 0. The lowest BCUT2D eigenvalue weighted by molar-refractivity contribution is 0.930. The number of hydrogen-bond acceptors (Lipinski definition) is 1. The number of aromatic nitrogens is 1. The lowest BCUT2D eigenvalue weighted by atomic mass is 9.98. The second-order valence-electron chi connectivity index (χ2n) is 4.41. The van der Waals surface area contributed by atoms with Gasteiger partial charge in [0.25, 0.3) is 0 Å². The third-order valence-corrected chi connectivity index (χ3v) is 3.22. The van der Waals surface area contributed by atoms with Gasteiger partial charge in [-0.3, -0.25) is 4.98 Å². The predicted molar refractivity (Wildman–Crippen MR) is 73.2 cm³/mol. The van der Waals surface area contributed by atoms with Gasteiger partial charge in [0.1, 0.15) is 0 Å². The summed E-state index contributed by atoms with van der Waals surface area (Å²) in [5.74, 6) is 0. The third-order valence-electron chi connectivity index (χ3n) is 3.22. The number of nitrogens with zero attached hydrogens (tertiary/aromatic N) is 1. The van der Waals surface area contributed by atoms with Crippen LogP contribution in [-0.2, 0) is 6.42 Å². The minimum absolute atomic E-state index is 1.12. The van der Waals surface area contributed by atoms with Crippen molar-refractivity contribution in [1.29, 1.82) is 0 Å². The van der Waals surface area contributed by atoms with Crippen molar-refractivity contribution in [2.45, 2.75) is 19.8 Å². The first-order chi connectivity index (χ1) is 8.40. The van der Waals surface area contributed by atoms with Gasteiger partial charge in [-0.1, -0.05) is 49.7 Å². The maximum Gasteiger partial charge on any atom is 0.0783 e. The van der Waals surface area contributed by atoms with Crippen LogP contribution in [-0.4, -0.2) is 4.98 Å². The predicted octanol–water partition coefficient (Wildman–Crippen LogP) is 4.34. The molecule has 0 aliphatic rings. The van der Waals surface area contributed by atoms with Gasteiger partial charge in [0.2, 0.25) is 0 Å². The summed E-state index contributed by atoms with van der Waals surface area (Å²) < 4.78 is 0. The Morgan fingerprint density at radius 3 is 2.65 bits per heavy atom. The smallest absolute Gasteiger partial charge is 0.0783 e. The Kier molecular flexibility index (Phi) is 2.52. The van der Waals surface area contributed by atoms with Crippen molar-refractivity contribution < 1.29 is 0 Å². The van der Waals surface area contributed by atoms with E-state index in [4.69, 9.17) is 0 Å². The normalized spacial score (nSPS) is 11.1. The van der Waals surface area contributed by atoms with E-state index in [0.717, 1.165) is 11.9 Å². The van der Waals surface area contributed by atoms with Crippen LogP contribution in [0.5, 0.6) is 0 Å². The molecule has 0 spiro atoms. The van der Waals surface area contributed by atoms with Crippen LogP contribution in [0, 0.1) is 0 Å². The molecule has 0 unspecified atom stereocenters. The summed E-state index contributed by atoms with van der Waals surface area (Å²) in [4.78, 5) is 4.55. The molecule has 0 radical (unpaired) electrons. The van der Waals surface area contributed by atoms with Gasteiger partial charge in [0.05, 0.1) is 5.52 Å². The Morgan fingerprint density at radius 2 is 1.76 bits per heavy atom. The van der Waals surface area contributed by atoms with Gasteiger partial charge in [-0.15, -0.1) is 0 Å². The van der Waals surface area contributed by atoms with Gasteiger partial charge in [-0.25, -0.2) is 0 Å². The van der Waals surface area contributed by atoms with Gasteiger partial charge < -0.3 is 0 Å². The molecular weight excluding hydrogens is 206 g/mol. The molecular formula is C16H15N. The van der Waals surface area contributed by atoms with Crippen molar-refractivity contribution >= 4 is 21.7 Å². The standard InChI is InChI=1S/C16H15N/c1-2-5-12-6-3-7-13-9-10-14-8-4-11-17-16(14)15(12)13/h3-4,6-11H,2,5H2,1H3. The van der Waals surface area contributed by atoms with E-state index in [-0.39, 0.29) is 0 Å². The number of benzene rings is 2. The highest BCUT2D eigenvalue weighted by molar-refractivity contribution is 6.06. The van der Waals surface area contributed by atoms with Crippen molar-refractivity contribution in [3.05, 3.63) is 54.2 Å². The quantitative estimate of drug-likeness (QED) is 0.586. The molecule has 0 bridgehead atoms. The minimum Gasteiger partial charge on any atom is -0.256 e. The van der Waals surface area contributed by atoms with Crippen LogP contribution in [0.1, 0.15) is 18.9 Å². The molecule has 0 aliphatic heterocycles.